The van der Waals surface area contributed by atoms with Gasteiger partial charge in [-0.1, -0.05) is 36.7 Å². The molecule has 2 nitrogen and oxygen atoms in total. The van der Waals surface area contributed by atoms with E-state index >= 15 is 0 Å². The largest absolute Gasteiger partial charge is 0.385 e. The Kier molecular flexibility index (Phi) is 7.25. The molecule has 0 aliphatic rings. The van der Waals surface area contributed by atoms with Crippen LogP contribution in [0.3, 0.4) is 0 Å². The lowest BCUT2D eigenvalue weighted by Crippen LogP contribution is -2.25. The van der Waals surface area contributed by atoms with Crippen molar-refractivity contribution in [3.05, 3.63) is 34.9 Å². The van der Waals surface area contributed by atoms with Gasteiger partial charge in [0.15, 0.2) is 0 Å². The first-order chi connectivity index (χ1) is 8.27. The standard InChI is InChI=1S/C14H22ClNO/c1-3-16-11-12(8-9-17-2)10-13-6-4-5-7-14(13)15/h4-7,12,16H,3,8-11H2,1-2H3. The lowest BCUT2D eigenvalue weighted by Gasteiger charge is -2.17. The van der Waals surface area contributed by atoms with E-state index in [0.717, 1.165) is 37.6 Å². The highest BCUT2D eigenvalue weighted by molar-refractivity contribution is 6.31. The van der Waals surface area contributed by atoms with Gasteiger partial charge < -0.3 is 10.1 Å². The van der Waals surface area contributed by atoms with Gasteiger partial charge in [0.2, 0.25) is 0 Å². The lowest BCUT2D eigenvalue weighted by molar-refractivity contribution is 0.176. The van der Waals surface area contributed by atoms with Crippen molar-refractivity contribution in [3.63, 3.8) is 0 Å². The second-order valence-electron chi connectivity index (χ2n) is 4.25. The quantitative estimate of drug-likeness (QED) is 0.771. The van der Waals surface area contributed by atoms with Crippen LogP contribution in [-0.2, 0) is 11.2 Å². The summed E-state index contributed by atoms with van der Waals surface area (Å²) in [7, 11) is 1.75. The highest BCUT2D eigenvalue weighted by Gasteiger charge is 2.11. The normalized spacial score (nSPS) is 12.6. The lowest BCUT2D eigenvalue weighted by atomic mass is 9.96. The van der Waals surface area contributed by atoms with E-state index in [4.69, 9.17) is 16.3 Å². The molecule has 1 unspecified atom stereocenters. The van der Waals surface area contributed by atoms with Gasteiger partial charge in [-0.25, -0.2) is 0 Å². The minimum absolute atomic E-state index is 0.579. The Bertz CT molecular complexity index is 309. The fraction of sp³-hybridized carbons (Fsp3) is 0.571. The van der Waals surface area contributed by atoms with E-state index in [2.05, 4.69) is 18.3 Å². The van der Waals surface area contributed by atoms with Crippen molar-refractivity contribution in [2.24, 2.45) is 5.92 Å². The third-order valence-corrected chi connectivity index (χ3v) is 3.25. The molecule has 1 atom stereocenters. The molecule has 0 aliphatic heterocycles. The maximum absolute atomic E-state index is 6.18. The molecule has 0 heterocycles. The number of ether oxygens (including phenoxy) is 1. The Morgan fingerprint density at radius 3 is 2.76 bits per heavy atom. The maximum Gasteiger partial charge on any atom is 0.0465 e. The van der Waals surface area contributed by atoms with E-state index in [9.17, 15) is 0 Å². The van der Waals surface area contributed by atoms with Crippen molar-refractivity contribution in [2.45, 2.75) is 19.8 Å². The van der Waals surface area contributed by atoms with Crippen LogP contribution in [0.15, 0.2) is 24.3 Å². The van der Waals surface area contributed by atoms with Gasteiger partial charge in [0.1, 0.15) is 0 Å². The molecule has 1 N–H and O–H groups in total. The number of methoxy groups -OCH3 is 1. The summed E-state index contributed by atoms with van der Waals surface area (Å²) in [5.41, 5.74) is 1.23. The van der Waals surface area contributed by atoms with Crippen molar-refractivity contribution in [1.29, 1.82) is 0 Å². The van der Waals surface area contributed by atoms with Crippen molar-refractivity contribution < 1.29 is 4.74 Å². The number of hydrogen-bond acceptors (Lipinski definition) is 2. The highest BCUT2D eigenvalue weighted by Crippen LogP contribution is 2.20. The predicted octanol–water partition coefficient (Wildman–Crippen LogP) is 3.14. The molecular formula is C14H22ClNO. The van der Waals surface area contributed by atoms with E-state index in [-0.39, 0.29) is 0 Å². The molecule has 1 aromatic carbocycles. The molecule has 17 heavy (non-hydrogen) atoms. The topological polar surface area (TPSA) is 21.3 Å². The zero-order chi connectivity index (χ0) is 12.5. The van der Waals surface area contributed by atoms with E-state index < -0.39 is 0 Å². The fourth-order valence-electron chi connectivity index (χ4n) is 1.88. The fourth-order valence-corrected chi connectivity index (χ4v) is 2.10. The third kappa shape index (κ3) is 5.53. The molecule has 0 aromatic heterocycles. The second-order valence-corrected chi connectivity index (χ2v) is 4.66. The van der Waals surface area contributed by atoms with Gasteiger partial charge in [-0.05, 0) is 43.5 Å². The van der Waals surface area contributed by atoms with Crippen molar-refractivity contribution >= 4 is 11.6 Å². The molecule has 0 aliphatic carbocycles. The first-order valence-electron chi connectivity index (χ1n) is 6.21. The molecule has 0 bridgehead atoms. The van der Waals surface area contributed by atoms with Crippen LogP contribution in [0.25, 0.3) is 0 Å². The van der Waals surface area contributed by atoms with Crippen LogP contribution in [0, 0.1) is 5.92 Å². The van der Waals surface area contributed by atoms with Gasteiger partial charge in [-0.3, -0.25) is 0 Å². The van der Waals surface area contributed by atoms with Crippen molar-refractivity contribution in [2.75, 3.05) is 26.8 Å². The maximum atomic E-state index is 6.18. The summed E-state index contributed by atoms with van der Waals surface area (Å²) in [5, 5.41) is 4.27. The van der Waals surface area contributed by atoms with Crippen LogP contribution in [0.1, 0.15) is 18.9 Å². The Morgan fingerprint density at radius 2 is 2.12 bits per heavy atom. The van der Waals surface area contributed by atoms with E-state index in [1.54, 1.807) is 7.11 Å². The number of rotatable bonds is 8. The van der Waals surface area contributed by atoms with Crippen LogP contribution >= 0.6 is 11.6 Å². The molecule has 1 aromatic rings. The summed E-state index contributed by atoms with van der Waals surface area (Å²) < 4.78 is 5.16. The van der Waals surface area contributed by atoms with Gasteiger partial charge in [0.05, 0.1) is 0 Å². The van der Waals surface area contributed by atoms with Crippen LogP contribution in [-0.4, -0.2) is 26.8 Å². The van der Waals surface area contributed by atoms with Gasteiger partial charge in [-0.2, -0.15) is 0 Å². The van der Waals surface area contributed by atoms with Gasteiger partial charge >= 0.3 is 0 Å². The van der Waals surface area contributed by atoms with Crippen LogP contribution in [0.4, 0.5) is 0 Å². The van der Waals surface area contributed by atoms with Gasteiger partial charge in [0.25, 0.3) is 0 Å². The summed E-state index contributed by atoms with van der Waals surface area (Å²) in [6, 6.07) is 8.08. The summed E-state index contributed by atoms with van der Waals surface area (Å²) in [6.45, 7) is 4.96. The molecule has 0 spiro atoms. The molecule has 0 amide bonds. The first-order valence-corrected chi connectivity index (χ1v) is 6.58. The predicted molar refractivity (Wildman–Crippen MR) is 73.7 cm³/mol. The summed E-state index contributed by atoms with van der Waals surface area (Å²) >= 11 is 6.18. The Labute approximate surface area is 109 Å². The smallest absolute Gasteiger partial charge is 0.0465 e. The van der Waals surface area contributed by atoms with Crippen LogP contribution < -0.4 is 5.32 Å². The monoisotopic (exact) mass is 255 g/mol. The minimum atomic E-state index is 0.579. The Balaban J connectivity index is 2.55. The number of benzene rings is 1. The molecule has 0 saturated carbocycles. The zero-order valence-electron chi connectivity index (χ0n) is 10.7. The van der Waals surface area contributed by atoms with Crippen LogP contribution in [0.5, 0.6) is 0 Å². The molecule has 0 saturated heterocycles. The van der Waals surface area contributed by atoms with Gasteiger partial charge in [-0.15, -0.1) is 0 Å². The molecular weight excluding hydrogens is 234 g/mol. The summed E-state index contributed by atoms with van der Waals surface area (Å²) in [5.74, 6) is 0.579. The minimum Gasteiger partial charge on any atom is -0.385 e. The third-order valence-electron chi connectivity index (χ3n) is 2.88. The Morgan fingerprint density at radius 1 is 1.35 bits per heavy atom. The highest BCUT2D eigenvalue weighted by atomic mass is 35.5. The molecule has 96 valence electrons. The average Bonchev–Trinajstić information content (AvgIpc) is 2.35. The molecule has 0 radical (unpaired) electrons. The number of nitrogens with one attached hydrogen (secondary N) is 1. The van der Waals surface area contributed by atoms with Crippen LogP contribution in [0.2, 0.25) is 5.02 Å². The second kappa shape index (κ2) is 8.51. The van der Waals surface area contributed by atoms with Gasteiger partial charge in [0, 0.05) is 18.7 Å². The molecule has 3 heteroatoms. The van der Waals surface area contributed by atoms with E-state index in [1.807, 2.05) is 18.2 Å². The summed E-state index contributed by atoms with van der Waals surface area (Å²) in [6.07, 6.45) is 2.07. The summed E-state index contributed by atoms with van der Waals surface area (Å²) in [4.78, 5) is 0. The number of hydrogen-bond donors (Lipinski definition) is 1. The van der Waals surface area contributed by atoms with E-state index in [1.165, 1.54) is 5.56 Å². The van der Waals surface area contributed by atoms with E-state index in [0.29, 0.717) is 5.92 Å². The SMILES string of the molecule is CCNCC(CCOC)Cc1ccccc1Cl. The van der Waals surface area contributed by atoms with Crippen molar-refractivity contribution in [3.8, 4) is 0 Å². The number of halogens is 1. The molecule has 0 fully saturated rings. The zero-order valence-corrected chi connectivity index (χ0v) is 11.5. The average molecular weight is 256 g/mol. The van der Waals surface area contributed by atoms with Crippen molar-refractivity contribution in [1.82, 2.24) is 5.32 Å². The first kappa shape index (κ1) is 14.5. The Hall–Kier alpha value is -0.570. The molecule has 1 rings (SSSR count).